The Morgan fingerprint density at radius 1 is 0.844 bits per heavy atom. The first-order valence-electron chi connectivity index (χ1n) is 9.85. The van der Waals surface area contributed by atoms with Crippen molar-refractivity contribution in [3.8, 4) is 5.75 Å². The van der Waals surface area contributed by atoms with Crippen LogP contribution >= 0.6 is 0 Å². The molecular weight excluding hydrogens is 414 g/mol. The van der Waals surface area contributed by atoms with Crippen LogP contribution in [0.2, 0.25) is 0 Å². The zero-order chi connectivity index (χ0) is 22.8. The first-order chi connectivity index (χ1) is 15.3. The number of H-pyrrole nitrogens is 4. The highest BCUT2D eigenvalue weighted by Gasteiger charge is 2.28. The zero-order valence-electron chi connectivity index (χ0n) is 17.4. The van der Waals surface area contributed by atoms with Gasteiger partial charge in [0.2, 0.25) is 0 Å². The average Bonchev–Trinajstić information content (AvgIpc) is 3.30. The van der Waals surface area contributed by atoms with E-state index in [4.69, 9.17) is 4.74 Å². The third-order valence-electron chi connectivity index (χ3n) is 5.37. The van der Waals surface area contributed by atoms with Gasteiger partial charge < -0.3 is 14.9 Å². The summed E-state index contributed by atoms with van der Waals surface area (Å²) in [7, 11) is 0. The first kappa shape index (κ1) is 20.9. The van der Waals surface area contributed by atoms with Crippen molar-refractivity contribution >= 4 is 5.69 Å². The minimum absolute atomic E-state index is 0.0224. The van der Waals surface area contributed by atoms with Crippen LogP contribution in [0.1, 0.15) is 39.6 Å². The van der Waals surface area contributed by atoms with Crippen molar-refractivity contribution in [3.05, 3.63) is 113 Å². The molecule has 0 bridgehead atoms. The fourth-order valence-corrected chi connectivity index (χ4v) is 3.72. The molecule has 0 aliphatic rings. The number of nitro groups is 1. The van der Waals surface area contributed by atoms with E-state index >= 15 is 0 Å². The normalized spacial score (nSPS) is 11.1. The lowest BCUT2D eigenvalue weighted by Gasteiger charge is -2.16. The minimum atomic E-state index is -0.566. The summed E-state index contributed by atoms with van der Waals surface area (Å²) in [5, 5.41) is 21.6. The SMILES string of the molecule is Cc1[nH][nH]c(=O)c1C(c1ccc(OCc2ccc([N+](=O)[O-])cc2)cc1)c1c(C)[nH][nH]c1=O. The molecule has 4 N–H and O–H groups in total. The number of aryl methyl sites for hydroxylation is 2. The molecule has 0 amide bonds. The molecule has 0 saturated carbocycles. The van der Waals surface area contributed by atoms with Gasteiger partial charge in [-0.15, -0.1) is 0 Å². The van der Waals surface area contributed by atoms with Crippen LogP contribution in [0.5, 0.6) is 5.75 Å². The number of aromatic amines is 4. The van der Waals surface area contributed by atoms with Gasteiger partial charge in [-0.3, -0.25) is 29.9 Å². The van der Waals surface area contributed by atoms with Gasteiger partial charge in [-0.05, 0) is 49.2 Å². The number of ether oxygens (including phenoxy) is 1. The largest absolute Gasteiger partial charge is 0.489 e. The summed E-state index contributed by atoms with van der Waals surface area (Å²) in [5.74, 6) is 0.0222. The van der Waals surface area contributed by atoms with Gasteiger partial charge in [-0.25, -0.2) is 0 Å². The van der Waals surface area contributed by atoms with Gasteiger partial charge in [0.15, 0.2) is 0 Å². The Labute approximate surface area is 181 Å². The van der Waals surface area contributed by atoms with Crippen molar-refractivity contribution in [2.75, 3.05) is 0 Å². The molecule has 2 aromatic carbocycles. The average molecular weight is 435 g/mol. The Kier molecular flexibility index (Phi) is 5.50. The number of non-ortho nitro benzene ring substituents is 1. The number of benzene rings is 2. The van der Waals surface area contributed by atoms with Crippen LogP contribution in [0.15, 0.2) is 58.1 Å². The van der Waals surface area contributed by atoms with E-state index in [0.29, 0.717) is 28.3 Å². The third-order valence-corrected chi connectivity index (χ3v) is 5.37. The number of nitrogens with one attached hydrogen (secondary N) is 4. The summed E-state index contributed by atoms with van der Waals surface area (Å²) in [4.78, 5) is 35.3. The van der Waals surface area contributed by atoms with Gasteiger partial charge in [-0.2, -0.15) is 0 Å². The van der Waals surface area contributed by atoms with Crippen LogP contribution in [-0.2, 0) is 6.61 Å². The molecule has 32 heavy (non-hydrogen) atoms. The topological polar surface area (TPSA) is 150 Å². The van der Waals surface area contributed by atoms with Gasteiger partial charge in [-0.1, -0.05) is 12.1 Å². The summed E-state index contributed by atoms with van der Waals surface area (Å²) < 4.78 is 5.79. The van der Waals surface area contributed by atoms with Crippen LogP contribution in [0.25, 0.3) is 0 Å². The van der Waals surface area contributed by atoms with Crippen molar-refractivity contribution in [3.63, 3.8) is 0 Å². The number of hydrogen-bond donors (Lipinski definition) is 4. The third kappa shape index (κ3) is 3.97. The highest BCUT2D eigenvalue weighted by atomic mass is 16.6. The molecule has 0 aliphatic heterocycles. The Bertz CT molecular complexity index is 1310. The molecule has 10 nitrogen and oxygen atoms in total. The number of nitro benzene ring substituents is 1. The summed E-state index contributed by atoms with van der Waals surface area (Å²) in [6.45, 7) is 3.80. The van der Waals surface area contributed by atoms with Gasteiger partial charge >= 0.3 is 0 Å². The monoisotopic (exact) mass is 435 g/mol. The lowest BCUT2D eigenvalue weighted by Crippen LogP contribution is -2.20. The molecule has 4 aromatic rings. The second-order valence-electron chi connectivity index (χ2n) is 7.45. The minimum Gasteiger partial charge on any atom is -0.489 e. The molecular formula is C22H21N5O5. The molecule has 0 spiro atoms. The van der Waals surface area contributed by atoms with Crippen LogP contribution in [0, 0.1) is 24.0 Å². The maximum absolute atomic E-state index is 12.5. The van der Waals surface area contributed by atoms with Crippen molar-refractivity contribution in [1.29, 1.82) is 0 Å². The van der Waals surface area contributed by atoms with Crippen LogP contribution in [0.3, 0.4) is 0 Å². The Morgan fingerprint density at radius 3 is 1.81 bits per heavy atom. The molecule has 4 rings (SSSR count). The van der Waals surface area contributed by atoms with Crippen molar-refractivity contribution in [1.82, 2.24) is 20.4 Å². The molecule has 10 heteroatoms. The van der Waals surface area contributed by atoms with E-state index in [1.165, 1.54) is 12.1 Å². The van der Waals surface area contributed by atoms with Crippen molar-refractivity contribution in [2.45, 2.75) is 26.4 Å². The van der Waals surface area contributed by atoms with Crippen LogP contribution in [0.4, 0.5) is 5.69 Å². The standard InChI is InChI=1S/C22H21N5O5/c1-12-18(21(28)25-23-12)20(19-13(2)24-26-22(19)29)15-5-9-17(10-6-15)32-11-14-3-7-16(8-4-14)27(30)31/h3-10,20H,11H2,1-2H3,(H2,23,25,28)(H2,24,26,29). The Morgan fingerprint density at radius 2 is 1.38 bits per heavy atom. The van der Waals surface area contributed by atoms with Crippen molar-refractivity contribution in [2.24, 2.45) is 0 Å². The molecule has 0 radical (unpaired) electrons. The first-order valence-corrected chi connectivity index (χ1v) is 9.85. The van der Waals surface area contributed by atoms with Crippen LogP contribution in [-0.4, -0.2) is 25.3 Å². The highest BCUT2D eigenvalue weighted by molar-refractivity contribution is 5.45. The maximum Gasteiger partial charge on any atom is 0.269 e. The summed E-state index contributed by atoms with van der Waals surface area (Å²) in [5.41, 5.74) is 3.24. The van der Waals surface area contributed by atoms with Gasteiger partial charge in [0, 0.05) is 29.4 Å². The summed E-state index contributed by atoms with van der Waals surface area (Å²) >= 11 is 0. The number of aromatic nitrogens is 4. The van der Waals surface area contributed by atoms with Crippen LogP contribution < -0.4 is 15.9 Å². The number of nitrogens with zero attached hydrogens (tertiary/aromatic N) is 1. The number of rotatable bonds is 7. The lowest BCUT2D eigenvalue weighted by molar-refractivity contribution is -0.384. The molecule has 0 unspecified atom stereocenters. The molecule has 2 aromatic heterocycles. The molecule has 2 heterocycles. The maximum atomic E-state index is 12.5. The fraction of sp³-hybridized carbons (Fsp3) is 0.182. The highest BCUT2D eigenvalue weighted by Crippen LogP contribution is 2.32. The molecule has 0 aliphatic carbocycles. The Hall–Kier alpha value is -4.34. The molecule has 0 atom stereocenters. The Balaban J connectivity index is 1.61. The second kappa shape index (κ2) is 8.42. The quantitative estimate of drug-likeness (QED) is 0.260. The van der Waals surface area contributed by atoms with E-state index in [1.54, 1.807) is 38.1 Å². The van der Waals surface area contributed by atoms with E-state index in [9.17, 15) is 19.7 Å². The van der Waals surface area contributed by atoms with Crippen molar-refractivity contribution < 1.29 is 9.66 Å². The zero-order valence-corrected chi connectivity index (χ0v) is 17.4. The summed E-state index contributed by atoms with van der Waals surface area (Å²) in [6, 6.07) is 13.3. The molecule has 164 valence electrons. The summed E-state index contributed by atoms with van der Waals surface area (Å²) in [6.07, 6.45) is 0. The van der Waals surface area contributed by atoms with E-state index in [2.05, 4.69) is 20.4 Å². The van der Waals surface area contributed by atoms with E-state index in [1.807, 2.05) is 12.1 Å². The van der Waals surface area contributed by atoms with E-state index in [0.717, 1.165) is 11.1 Å². The van der Waals surface area contributed by atoms with E-state index in [-0.39, 0.29) is 23.4 Å². The predicted molar refractivity (Wildman–Crippen MR) is 117 cm³/mol. The van der Waals surface area contributed by atoms with Gasteiger partial charge in [0.25, 0.3) is 16.8 Å². The lowest BCUT2D eigenvalue weighted by atomic mass is 9.85. The van der Waals surface area contributed by atoms with Gasteiger partial charge in [0.05, 0.1) is 16.1 Å². The fourth-order valence-electron chi connectivity index (χ4n) is 3.72. The molecule has 0 fully saturated rings. The van der Waals surface area contributed by atoms with E-state index < -0.39 is 10.8 Å². The molecule has 0 saturated heterocycles. The smallest absolute Gasteiger partial charge is 0.269 e. The number of hydrogen-bond acceptors (Lipinski definition) is 5. The second-order valence-corrected chi connectivity index (χ2v) is 7.45. The predicted octanol–water partition coefficient (Wildman–Crippen LogP) is 3.00. The van der Waals surface area contributed by atoms with Gasteiger partial charge in [0.1, 0.15) is 12.4 Å².